The highest BCUT2D eigenvalue weighted by molar-refractivity contribution is 5.76. The first-order valence-corrected chi connectivity index (χ1v) is 7.71. The smallest absolute Gasteiger partial charge is 0.221 e. The Morgan fingerprint density at radius 2 is 1.95 bits per heavy atom. The minimum atomic E-state index is 0.0750. The maximum absolute atomic E-state index is 11.8. The summed E-state index contributed by atoms with van der Waals surface area (Å²) >= 11 is 0. The first-order chi connectivity index (χ1) is 9.68. The summed E-state index contributed by atoms with van der Waals surface area (Å²) in [6.07, 6.45) is 6.57. The third-order valence-electron chi connectivity index (χ3n) is 4.52. The van der Waals surface area contributed by atoms with Gasteiger partial charge in [0.15, 0.2) is 0 Å². The maximum atomic E-state index is 11.8. The summed E-state index contributed by atoms with van der Waals surface area (Å²) in [5, 5.41) is 3.10. The molecule has 0 aliphatic heterocycles. The topological polar surface area (TPSA) is 55.1 Å². The number of nitrogens with two attached hydrogens (primary N) is 1. The van der Waals surface area contributed by atoms with Crippen LogP contribution in [0.15, 0.2) is 24.3 Å². The van der Waals surface area contributed by atoms with E-state index in [1.165, 1.54) is 43.2 Å². The van der Waals surface area contributed by atoms with Gasteiger partial charge in [-0.2, -0.15) is 0 Å². The minimum absolute atomic E-state index is 0.0750. The van der Waals surface area contributed by atoms with Crippen molar-refractivity contribution in [2.75, 3.05) is 13.1 Å². The van der Waals surface area contributed by atoms with Crippen molar-refractivity contribution in [2.45, 2.75) is 50.9 Å². The lowest BCUT2D eigenvalue weighted by atomic mass is 9.68. The molecule has 2 rings (SSSR count). The van der Waals surface area contributed by atoms with Crippen LogP contribution in [0, 0.1) is 6.92 Å². The molecule has 0 spiro atoms. The SMILES string of the molecule is Cc1ccccc1C1(CNC(=O)CCN)CCCCC1. The van der Waals surface area contributed by atoms with E-state index in [-0.39, 0.29) is 11.3 Å². The van der Waals surface area contributed by atoms with E-state index in [1.54, 1.807) is 0 Å². The predicted molar refractivity (Wildman–Crippen MR) is 82.6 cm³/mol. The Morgan fingerprint density at radius 1 is 1.25 bits per heavy atom. The highest BCUT2D eigenvalue weighted by Gasteiger charge is 2.35. The Balaban J connectivity index is 2.18. The van der Waals surface area contributed by atoms with Crippen LogP contribution in [-0.4, -0.2) is 19.0 Å². The Kier molecular flexibility index (Phi) is 5.18. The number of nitrogens with one attached hydrogen (secondary N) is 1. The molecule has 0 unspecified atom stereocenters. The number of hydrogen-bond acceptors (Lipinski definition) is 2. The number of carbonyl (C=O) groups is 1. The van der Waals surface area contributed by atoms with Gasteiger partial charge >= 0.3 is 0 Å². The van der Waals surface area contributed by atoms with Crippen molar-refractivity contribution in [3.63, 3.8) is 0 Å². The van der Waals surface area contributed by atoms with Gasteiger partial charge in [0.1, 0.15) is 0 Å². The van der Waals surface area contributed by atoms with Crippen LogP contribution in [0.4, 0.5) is 0 Å². The Bertz CT molecular complexity index is 450. The van der Waals surface area contributed by atoms with Gasteiger partial charge in [0.25, 0.3) is 0 Å². The van der Waals surface area contributed by atoms with Gasteiger partial charge in [0.2, 0.25) is 5.91 Å². The molecular weight excluding hydrogens is 248 g/mol. The van der Waals surface area contributed by atoms with E-state index in [1.807, 2.05) is 0 Å². The monoisotopic (exact) mass is 274 g/mol. The molecule has 1 aromatic rings. The minimum Gasteiger partial charge on any atom is -0.355 e. The first kappa shape index (κ1) is 15.0. The van der Waals surface area contributed by atoms with Crippen molar-refractivity contribution in [3.8, 4) is 0 Å². The third kappa shape index (κ3) is 3.40. The average Bonchev–Trinajstić information content (AvgIpc) is 2.47. The third-order valence-corrected chi connectivity index (χ3v) is 4.52. The fraction of sp³-hybridized carbons (Fsp3) is 0.588. The molecule has 0 heterocycles. The van der Waals surface area contributed by atoms with E-state index >= 15 is 0 Å². The van der Waals surface area contributed by atoms with Crippen LogP contribution in [0.5, 0.6) is 0 Å². The molecule has 0 bridgehead atoms. The molecule has 0 radical (unpaired) electrons. The van der Waals surface area contributed by atoms with Crippen LogP contribution < -0.4 is 11.1 Å². The molecule has 3 heteroatoms. The van der Waals surface area contributed by atoms with Gasteiger partial charge in [0, 0.05) is 24.9 Å². The molecule has 1 saturated carbocycles. The van der Waals surface area contributed by atoms with Crippen LogP contribution in [-0.2, 0) is 10.2 Å². The van der Waals surface area contributed by atoms with Crippen molar-refractivity contribution in [1.29, 1.82) is 0 Å². The molecule has 1 aromatic carbocycles. The summed E-state index contributed by atoms with van der Waals surface area (Å²) < 4.78 is 0. The van der Waals surface area contributed by atoms with E-state index in [0.29, 0.717) is 13.0 Å². The van der Waals surface area contributed by atoms with E-state index in [9.17, 15) is 4.79 Å². The van der Waals surface area contributed by atoms with Crippen LogP contribution in [0.25, 0.3) is 0 Å². The molecule has 1 amide bonds. The molecule has 1 aliphatic carbocycles. The highest BCUT2D eigenvalue weighted by Crippen LogP contribution is 2.40. The fourth-order valence-electron chi connectivity index (χ4n) is 3.43. The van der Waals surface area contributed by atoms with Crippen LogP contribution >= 0.6 is 0 Å². The molecule has 3 nitrogen and oxygen atoms in total. The summed E-state index contributed by atoms with van der Waals surface area (Å²) in [4.78, 5) is 11.8. The second kappa shape index (κ2) is 6.89. The predicted octanol–water partition coefficient (Wildman–Crippen LogP) is 2.66. The van der Waals surface area contributed by atoms with Crippen LogP contribution in [0.1, 0.15) is 49.7 Å². The Morgan fingerprint density at radius 3 is 2.60 bits per heavy atom. The van der Waals surface area contributed by atoms with E-state index in [2.05, 4.69) is 36.5 Å². The molecule has 0 saturated heterocycles. The van der Waals surface area contributed by atoms with Gasteiger partial charge in [-0.15, -0.1) is 0 Å². The Labute approximate surface area is 121 Å². The normalized spacial score (nSPS) is 17.7. The summed E-state index contributed by atoms with van der Waals surface area (Å²) in [5.41, 5.74) is 8.31. The highest BCUT2D eigenvalue weighted by atomic mass is 16.1. The quantitative estimate of drug-likeness (QED) is 0.867. The van der Waals surface area contributed by atoms with Crippen LogP contribution in [0.2, 0.25) is 0 Å². The Hall–Kier alpha value is -1.35. The molecule has 0 atom stereocenters. The number of benzene rings is 1. The van der Waals surface area contributed by atoms with Crippen LogP contribution in [0.3, 0.4) is 0 Å². The zero-order valence-electron chi connectivity index (χ0n) is 12.5. The van der Waals surface area contributed by atoms with Crippen molar-refractivity contribution in [3.05, 3.63) is 35.4 Å². The van der Waals surface area contributed by atoms with Gasteiger partial charge in [-0.1, -0.05) is 43.5 Å². The van der Waals surface area contributed by atoms with E-state index in [0.717, 1.165) is 6.54 Å². The number of rotatable bonds is 5. The molecular formula is C17H26N2O. The summed E-state index contributed by atoms with van der Waals surface area (Å²) in [7, 11) is 0. The van der Waals surface area contributed by atoms with Gasteiger partial charge in [-0.05, 0) is 30.9 Å². The zero-order chi connectivity index (χ0) is 14.4. The summed E-state index contributed by atoms with van der Waals surface area (Å²) in [5.74, 6) is 0.0750. The first-order valence-electron chi connectivity index (χ1n) is 7.71. The molecule has 1 fully saturated rings. The lowest BCUT2D eigenvalue weighted by Gasteiger charge is -2.39. The number of amides is 1. The zero-order valence-corrected chi connectivity index (χ0v) is 12.5. The standard InChI is InChI=1S/C17H26N2O/c1-14-7-3-4-8-15(14)17(10-5-2-6-11-17)13-19-16(20)9-12-18/h3-4,7-8H,2,5-6,9-13,18H2,1H3,(H,19,20). The number of aryl methyl sites for hydroxylation is 1. The second-order valence-electron chi connectivity index (χ2n) is 5.97. The largest absolute Gasteiger partial charge is 0.355 e. The molecule has 0 aromatic heterocycles. The molecule has 1 aliphatic rings. The average molecular weight is 274 g/mol. The van der Waals surface area contributed by atoms with Crippen molar-refractivity contribution in [1.82, 2.24) is 5.32 Å². The number of hydrogen-bond donors (Lipinski definition) is 2. The van der Waals surface area contributed by atoms with Crippen molar-refractivity contribution in [2.24, 2.45) is 5.73 Å². The molecule has 110 valence electrons. The molecule has 20 heavy (non-hydrogen) atoms. The maximum Gasteiger partial charge on any atom is 0.221 e. The second-order valence-corrected chi connectivity index (χ2v) is 5.97. The number of carbonyl (C=O) groups excluding carboxylic acids is 1. The summed E-state index contributed by atoms with van der Waals surface area (Å²) in [6.45, 7) is 3.34. The van der Waals surface area contributed by atoms with Crippen molar-refractivity contribution < 1.29 is 4.79 Å². The van der Waals surface area contributed by atoms with Crippen molar-refractivity contribution >= 4 is 5.91 Å². The van der Waals surface area contributed by atoms with Gasteiger partial charge < -0.3 is 11.1 Å². The van der Waals surface area contributed by atoms with E-state index < -0.39 is 0 Å². The summed E-state index contributed by atoms with van der Waals surface area (Å²) in [6, 6.07) is 8.60. The van der Waals surface area contributed by atoms with Gasteiger partial charge in [-0.25, -0.2) is 0 Å². The van der Waals surface area contributed by atoms with Gasteiger partial charge in [0.05, 0.1) is 0 Å². The lowest BCUT2D eigenvalue weighted by Crippen LogP contribution is -2.43. The lowest BCUT2D eigenvalue weighted by molar-refractivity contribution is -0.121. The fourth-order valence-corrected chi connectivity index (χ4v) is 3.43. The molecule has 3 N–H and O–H groups in total. The van der Waals surface area contributed by atoms with E-state index in [4.69, 9.17) is 5.73 Å². The van der Waals surface area contributed by atoms with Gasteiger partial charge in [-0.3, -0.25) is 4.79 Å².